The minimum absolute atomic E-state index is 0.409. The number of nitrogens with zero attached hydrogens (tertiary/aromatic N) is 2. The van der Waals surface area contributed by atoms with E-state index in [0.29, 0.717) is 11.5 Å². The van der Waals surface area contributed by atoms with Gasteiger partial charge in [-0.1, -0.05) is 33.8 Å². The zero-order valence-corrected chi connectivity index (χ0v) is 12.7. The smallest absolute Gasteiger partial charge is 0.128 e. The summed E-state index contributed by atoms with van der Waals surface area (Å²) in [6.45, 7) is 12.1. The molecule has 1 saturated heterocycles. The molecule has 0 atom stereocenters. The van der Waals surface area contributed by atoms with Crippen molar-refractivity contribution in [3.05, 3.63) is 23.9 Å². The third kappa shape index (κ3) is 4.20. The van der Waals surface area contributed by atoms with Crippen LogP contribution in [0.4, 0.5) is 5.82 Å². The van der Waals surface area contributed by atoms with Gasteiger partial charge in [0.1, 0.15) is 5.82 Å². The van der Waals surface area contributed by atoms with Crippen LogP contribution in [0.2, 0.25) is 0 Å². The molecule has 3 nitrogen and oxygen atoms in total. The standard InChI is InChI=1S/C16H27N3/c1-13(2)17-11-14-7-5-8-15(18-14)19-10-6-9-16(3,4)12-19/h5,7-8,13,17H,6,9-12H2,1-4H3. The van der Waals surface area contributed by atoms with E-state index in [9.17, 15) is 0 Å². The first-order valence-corrected chi connectivity index (χ1v) is 7.40. The van der Waals surface area contributed by atoms with E-state index in [2.05, 4.69) is 56.1 Å². The predicted octanol–water partition coefficient (Wildman–Crippen LogP) is 3.21. The number of aromatic nitrogens is 1. The van der Waals surface area contributed by atoms with Crippen LogP contribution in [-0.2, 0) is 6.54 Å². The number of hydrogen-bond acceptors (Lipinski definition) is 3. The Bertz CT molecular complexity index is 412. The molecule has 0 aliphatic carbocycles. The predicted molar refractivity (Wildman–Crippen MR) is 81.4 cm³/mol. The van der Waals surface area contributed by atoms with Crippen molar-refractivity contribution in [1.29, 1.82) is 0 Å². The van der Waals surface area contributed by atoms with Crippen molar-refractivity contribution in [3.63, 3.8) is 0 Å². The lowest BCUT2D eigenvalue weighted by atomic mass is 9.84. The Kier molecular flexibility index (Phi) is 4.46. The van der Waals surface area contributed by atoms with Crippen LogP contribution < -0.4 is 10.2 Å². The average molecular weight is 261 g/mol. The van der Waals surface area contributed by atoms with Gasteiger partial charge in [0.2, 0.25) is 0 Å². The fourth-order valence-corrected chi connectivity index (χ4v) is 2.67. The molecule has 1 aliphatic heterocycles. The van der Waals surface area contributed by atoms with Gasteiger partial charge in [-0.3, -0.25) is 0 Å². The number of anilines is 1. The molecule has 19 heavy (non-hydrogen) atoms. The Labute approximate surface area is 117 Å². The molecule has 1 aromatic heterocycles. The number of rotatable bonds is 4. The molecular weight excluding hydrogens is 234 g/mol. The maximum absolute atomic E-state index is 4.80. The van der Waals surface area contributed by atoms with Crippen molar-refractivity contribution in [1.82, 2.24) is 10.3 Å². The lowest BCUT2D eigenvalue weighted by Crippen LogP contribution is -2.40. The summed E-state index contributed by atoms with van der Waals surface area (Å²) >= 11 is 0. The van der Waals surface area contributed by atoms with E-state index in [-0.39, 0.29) is 0 Å². The van der Waals surface area contributed by atoms with Crippen LogP contribution >= 0.6 is 0 Å². The highest BCUT2D eigenvalue weighted by Gasteiger charge is 2.26. The molecule has 0 unspecified atom stereocenters. The van der Waals surface area contributed by atoms with Gasteiger partial charge in [-0.05, 0) is 30.4 Å². The summed E-state index contributed by atoms with van der Waals surface area (Å²) in [6, 6.07) is 6.87. The van der Waals surface area contributed by atoms with E-state index in [0.717, 1.165) is 31.1 Å². The third-order valence-corrected chi connectivity index (χ3v) is 3.71. The second-order valence-electron chi connectivity index (χ2n) is 6.71. The number of nitrogens with one attached hydrogen (secondary N) is 1. The van der Waals surface area contributed by atoms with Gasteiger partial charge < -0.3 is 10.2 Å². The molecule has 0 bridgehead atoms. The lowest BCUT2D eigenvalue weighted by Gasteiger charge is -2.38. The normalized spacial score (nSPS) is 18.9. The molecule has 0 amide bonds. The van der Waals surface area contributed by atoms with Crippen LogP contribution in [0.15, 0.2) is 18.2 Å². The van der Waals surface area contributed by atoms with Crippen LogP contribution in [0.3, 0.4) is 0 Å². The average Bonchev–Trinajstić information content (AvgIpc) is 2.35. The largest absolute Gasteiger partial charge is 0.356 e. The summed E-state index contributed by atoms with van der Waals surface area (Å²) in [6.07, 6.45) is 2.58. The van der Waals surface area contributed by atoms with Crippen LogP contribution in [0.5, 0.6) is 0 Å². The van der Waals surface area contributed by atoms with Gasteiger partial charge in [0.15, 0.2) is 0 Å². The molecule has 2 heterocycles. The van der Waals surface area contributed by atoms with Crippen molar-refractivity contribution in [2.24, 2.45) is 5.41 Å². The van der Waals surface area contributed by atoms with E-state index in [1.165, 1.54) is 12.8 Å². The molecule has 1 aliphatic rings. The van der Waals surface area contributed by atoms with Gasteiger partial charge in [0, 0.05) is 25.7 Å². The third-order valence-electron chi connectivity index (χ3n) is 3.71. The Balaban J connectivity index is 2.05. The maximum Gasteiger partial charge on any atom is 0.128 e. The fraction of sp³-hybridized carbons (Fsp3) is 0.688. The number of pyridine rings is 1. The molecule has 0 radical (unpaired) electrons. The van der Waals surface area contributed by atoms with Crippen molar-refractivity contribution in [2.75, 3.05) is 18.0 Å². The fourth-order valence-electron chi connectivity index (χ4n) is 2.67. The Morgan fingerprint density at radius 3 is 2.84 bits per heavy atom. The van der Waals surface area contributed by atoms with Gasteiger partial charge in [0.05, 0.1) is 5.69 Å². The SMILES string of the molecule is CC(C)NCc1cccc(N2CCCC(C)(C)C2)n1. The van der Waals surface area contributed by atoms with Gasteiger partial charge in [-0.2, -0.15) is 0 Å². The van der Waals surface area contributed by atoms with Gasteiger partial charge in [-0.15, -0.1) is 0 Å². The van der Waals surface area contributed by atoms with Crippen LogP contribution in [0.25, 0.3) is 0 Å². The van der Waals surface area contributed by atoms with Crippen LogP contribution in [0.1, 0.15) is 46.2 Å². The van der Waals surface area contributed by atoms with Crippen molar-refractivity contribution >= 4 is 5.82 Å². The second-order valence-corrected chi connectivity index (χ2v) is 6.71. The Hall–Kier alpha value is -1.09. The first kappa shape index (κ1) is 14.3. The molecule has 1 N–H and O–H groups in total. The highest BCUT2D eigenvalue weighted by atomic mass is 15.2. The van der Waals surface area contributed by atoms with E-state index in [1.807, 2.05) is 0 Å². The van der Waals surface area contributed by atoms with Crippen molar-refractivity contribution in [3.8, 4) is 0 Å². The highest BCUT2D eigenvalue weighted by molar-refractivity contribution is 5.40. The first-order valence-electron chi connectivity index (χ1n) is 7.40. The molecule has 1 fully saturated rings. The Morgan fingerprint density at radius 2 is 2.16 bits per heavy atom. The van der Waals surface area contributed by atoms with E-state index in [1.54, 1.807) is 0 Å². The molecule has 0 spiro atoms. The quantitative estimate of drug-likeness (QED) is 0.902. The lowest BCUT2D eigenvalue weighted by molar-refractivity contribution is 0.292. The number of hydrogen-bond donors (Lipinski definition) is 1. The summed E-state index contributed by atoms with van der Waals surface area (Å²) in [5.41, 5.74) is 1.54. The van der Waals surface area contributed by atoms with Gasteiger partial charge in [-0.25, -0.2) is 4.98 Å². The van der Waals surface area contributed by atoms with Gasteiger partial charge in [0.25, 0.3) is 0 Å². The highest BCUT2D eigenvalue weighted by Crippen LogP contribution is 2.30. The van der Waals surface area contributed by atoms with Gasteiger partial charge >= 0.3 is 0 Å². The van der Waals surface area contributed by atoms with E-state index < -0.39 is 0 Å². The summed E-state index contributed by atoms with van der Waals surface area (Å²) in [4.78, 5) is 7.23. The van der Waals surface area contributed by atoms with Crippen LogP contribution in [0, 0.1) is 5.41 Å². The monoisotopic (exact) mass is 261 g/mol. The molecule has 1 aromatic rings. The van der Waals surface area contributed by atoms with E-state index in [4.69, 9.17) is 4.98 Å². The minimum Gasteiger partial charge on any atom is -0.356 e. The topological polar surface area (TPSA) is 28.2 Å². The maximum atomic E-state index is 4.80. The molecule has 106 valence electrons. The summed E-state index contributed by atoms with van der Waals surface area (Å²) < 4.78 is 0. The molecule has 0 saturated carbocycles. The zero-order valence-electron chi connectivity index (χ0n) is 12.7. The summed E-state index contributed by atoms with van der Waals surface area (Å²) in [5.74, 6) is 1.14. The molecule has 2 rings (SSSR count). The van der Waals surface area contributed by atoms with Crippen LogP contribution in [-0.4, -0.2) is 24.1 Å². The summed E-state index contributed by atoms with van der Waals surface area (Å²) in [7, 11) is 0. The molecule has 3 heteroatoms. The zero-order chi connectivity index (χ0) is 13.9. The number of piperidine rings is 1. The summed E-state index contributed by atoms with van der Waals surface area (Å²) in [5, 5.41) is 3.43. The van der Waals surface area contributed by atoms with E-state index >= 15 is 0 Å². The minimum atomic E-state index is 0.409. The Morgan fingerprint density at radius 1 is 1.37 bits per heavy atom. The van der Waals surface area contributed by atoms with Crippen molar-refractivity contribution < 1.29 is 0 Å². The molecule has 0 aromatic carbocycles. The van der Waals surface area contributed by atoms with Crippen molar-refractivity contribution in [2.45, 2.75) is 53.1 Å². The second kappa shape index (κ2) is 5.91. The molecular formula is C16H27N3. The first-order chi connectivity index (χ1) is 8.96.